The second-order valence-corrected chi connectivity index (χ2v) is 10.8. The maximum atomic E-state index is 14.1. The average Bonchev–Trinajstić information content (AvgIpc) is 3.35. The first kappa shape index (κ1) is 24.2. The lowest BCUT2D eigenvalue weighted by atomic mass is 9.92. The van der Waals surface area contributed by atoms with Crippen molar-refractivity contribution in [1.82, 2.24) is 9.88 Å². The molecule has 1 aromatic heterocycles. The summed E-state index contributed by atoms with van der Waals surface area (Å²) in [5.41, 5.74) is 4.07. The number of piperidine rings is 1. The number of hydrogen-bond donors (Lipinski definition) is 0. The highest BCUT2D eigenvalue weighted by molar-refractivity contribution is 6.30. The second-order valence-electron chi connectivity index (χ2n) is 10.4. The van der Waals surface area contributed by atoms with E-state index in [0.717, 1.165) is 48.1 Å². The minimum atomic E-state index is -0.366. The van der Waals surface area contributed by atoms with Crippen LogP contribution >= 0.6 is 11.6 Å². The molecule has 0 radical (unpaired) electrons. The summed E-state index contributed by atoms with van der Waals surface area (Å²) in [4.78, 5) is 22.9. The maximum absolute atomic E-state index is 14.1. The third-order valence-electron chi connectivity index (χ3n) is 7.47. The predicted molar refractivity (Wildman–Crippen MR) is 142 cm³/mol. The normalized spacial score (nSPS) is 17.6. The van der Waals surface area contributed by atoms with Crippen molar-refractivity contribution in [2.45, 2.75) is 39.5 Å². The molecule has 2 aliphatic heterocycles. The van der Waals surface area contributed by atoms with Gasteiger partial charge in [-0.05, 0) is 86.1 Å². The molecule has 0 unspecified atom stereocenters. The Balaban J connectivity index is 1.52. The average molecular weight is 494 g/mol. The Morgan fingerprint density at radius 3 is 2.49 bits per heavy atom. The SMILES string of the molecule is CC(C)C(=O)c1cnc2ccc(-c3cc(F)cc(Cl)c3)cc2c1N1CCC(CN2CCCC2)CC1. The second kappa shape index (κ2) is 10.2. The summed E-state index contributed by atoms with van der Waals surface area (Å²) in [6, 6.07) is 10.5. The molecule has 4 nitrogen and oxygen atoms in total. The van der Waals surface area contributed by atoms with Crippen molar-refractivity contribution in [2.24, 2.45) is 11.8 Å². The van der Waals surface area contributed by atoms with Gasteiger partial charge in [-0.2, -0.15) is 0 Å². The monoisotopic (exact) mass is 493 g/mol. The van der Waals surface area contributed by atoms with E-state index >= 15 is 0 Å². The quantitative estimate of drug-likeness (QED) is 0.352. The lowest BCUT2D eigenvalue weighted by Crippen LogP contribution is -2.39. The summed E-state index contributed by atoms with van der Waals surface area (Å²) in [7, 11) is 0. The van der Waals surface area contributed by atoms with E-state index in [9.17, 15) is 9.18 Å². The van der Waals surface area contributed by atoms with Crippen molar-refractivity contribution in [3.63, 3.8) is 0 Å². The van der Waals surface area contributed by atoms with Gasteiger partial charge in [-0.3, -0.25) is 9.78 Å². The third-order valence-corrected chi connectivity index (χ3v) is 7.69. The van der Waals surface area contributed by atoms with Crippen molar-refractivity contribution < 1.29 is 9.18 Å². The van der Waals surface area contributed by atoms with Crippen molar-refractivity contribution in [1.29, 1.82) is 0 Å². The molecule has 0 atom stereocenters. The number of carbonyl (C=O) groups is 1. The fourth-order valence-electron chi connectivity index (χ4n) is 5.58. The van der Waals surface area contributed by atoms with Crippen LogP contribution in [0.25, 0.3) is 22.0 Å². The summed E-state index contributed by atoms with van der Waals surface area (Å²) in [6.07, 6.45) is 6.63. The summed E-state index contributed by atoms with van der Waals surface area (Å²) < 4.78 is 14.1. The van der Waals surface area contributed by atoms with Crippen LogP contribution in [0.4, 0.5) is 10.1 Å². The van der Waals surface area contributed by atoms with Crippen LogP contribution in [0.15, 0.2) is 42.6 Å². The van der Waals surface area contributed by atoms with Crippen LogP contribution in [0.1, 0.15) is 49.9 Å². The van der Waals surface area contributed by atoms with Crippen LogP contribution in [0, 0.1) is 17.7 Å². The topological polar surface area (TPSA) is 36.4 Å². The number of hydrogen-bond acceptors (Lipinski definition) is 4. The number of fused-ring (bicyclic) bond motifs is 1. The van der Waals surface area contributed by atoms with Gasteiger partial charge >= 0.3 is 0 Å². The van der Waals surface area contributed by atoms with Crippen LogP contribution in [-0.2, 0) is 0 Å². The van der Waals surface area contributed by atoms with Crippen LogP contribution in [0.3, 0.4) is 0 Å². The first-order valence-corrected chi connectivity index (χ1v) is 13.2. The van der Waals surface area contributed by atoms with E-state index in [-0.39, 0.29) is 17.5 Å². The molecule has 0 amide bonds. The van der Waals surface area contributed by atoms with E-state index in [1.54, 1.807) is 12.3 Å². The molecule has 3 heterocycles. The van der Waals surface area contributed by atoms with Gasteiger partial charge < -0.3 is 9.80 Å². The summed E-state index contributed by atoms with van der Waals surface area (Å²) in [5, 5.41) is 1.30. The molecule has 0 N–H and O–H groups in total. The van der Waals surface area contributed by atoms with E-state index in [1.165, 1.54) is 44.6 Å². The number of nitrogens with zero attached hydrogens (tertiary/aromatic N) is 3. The van der Waals surface area contributed by atoms with Crippen LogP contribution in [0.2, 0.25) is 5.02 Å². The zero-order chi connectivity index (χ0) is 24.5. The third kappa shape index (κ3) is 5.22. The van der Waals surface area contributed by atoms with Crippen LogP contribution < -0.4 is 4.90 Å². The number of likely N-dealkylation sites (tertiary alicyclic amines) is 1. The van der Waals surface area contributed by atoms with Crippen molar-refractivity contribution >= 4 is 34.0 Å². The maximum Gasteiger partial charge on any atom is 0.169 e. The van der Waals surface area contributed by atoms with Crippen molar-refractivity contribution in [3.8, 4) is 11.1 Å². The van der Waals surface area contributed by atoms with E-state index in [4.69, 9.17) is 11.6 Å². The molecule has 0 aliphatic carbocycles. The number of halogens is 2. The Labute approximate surface area is 212 Å². The Kier molecular flexibility index (Phi) is 7.08. The summed E-state index contributed by atoms with van der Waals surface area (Å²) in [5.74, 6) is 0.320. The van der Waals surface area contributed by atoms with Gasteiger partial charge in [0.1, 0.15) is 5.82 Å². The van der Waals surface area contributed by atoms with Gasteiger partial charge in [0.2, 0.25) is 0 Å². The molecule has 2 saturated heterocycles. The van der Waals surface area contributed by atoms with Crippen molar-refractivity contribution in [3.05, 3.63) is 59.0 Å². The lowest BCUT2D eigenvalue weighted by Gasteiger charge is -2.36. The van der Waals surface area contributed by atoms with Gasteiger partial charge in [-0.15, -0.1) is 0 Å². The standard InChI is InChI=1S/C29H33ClFN3O/c1-19(2)29(35)26-17-32-27-6-5-21(22-13-23(30)16-24(31)14-22)15-25(27)28(26)34-11-7-20(8-12-34)18-33-9-3-4-10-33/h5-6,13-17,19-20H,3-4,7-12,18H2,1-2H3. The number of benzene rings is 2. The number of Topliss-reactive ketones (excluding diaryl/α,β-unsaturated/α-hetero) is 1. The molecule has 35 heavy (non-hydrogen) atoms. The van der Waals surface area contributed by atoms with Gasteiger partial charge in [0.05, 0.1) is 16.8 Å². The predicted octanol–water partition coefficient (Wildman–Crippen LogP) is 6.85. The molecular formula is C29H33ClFN3O. The molecule has 0 spiro atoms. The summed E-state index contributed by atoms with van der Waals surface area (Å²) >= 11 is 6.14. The van der Waals surface area contributed by atoms with E-state index in [0.29, 0.717) is 22.1 Å². The Morgan fingerprint density at radius 2 is 1.80 bits per heavy atom. The summed E-state index contributed by atoms with van der Waals surface area (Å²) in [6.45, 7) is 9.36. The zero-order valence-corrected chi connectivity index (χ0v) is 21.3. The number of ketones is 1. The first-order chi connectivity index (χ1) is 16.9. The molecule has 6 heteroatoms. The Morgan fingerprint density at radius 1 is 1.06 bits per heavy atom. The van der Waals surface area contributed by atoms with Crippen molar-refractivity contribution in [2.75, 3.05) is 37.6 Å². The highest BCUT2D eigenvalue weighted by atomic mass is 35.5. The molecule has 3 aromatic rings. The number of pyridine rings is 1. The molecule has 5 rings (SSSR count). The van der Waals surface area contributed by atoms with Crippen LogP contribution in [0.5, 0.6) is 0 Å². The molecule has 2 aliphatic rings. The zero-order valence-electron chi connectivity index (χ0n) is 20.6. The smallest absolute Gasteiger partial charge is 0.169 e. The number of aromatic nitrogens is 1. The van der Waals surface area contributed by atoms with Gasteiger partial charge in [0.15, 0.2) is 5.78 Å². The number of anilines is 1. The highest BCUT2D eigenvalue weighted by Gasteiger charge is 2.27. The van der Waals surface area contributed by atoms with Gasteiger partial charge in [-0.1, -0.05) is 31.5 Å². The molecule has 0 saturated carbocycles. The van der Waals surface area contributed by atoms with Gasteiger partial charge in [-0.25, -0.2) is 4.39 Å². The Hall–Kier alpha value is -2.50. The minimum Gasteiger partial charge on any atom is -0.370 e. The lowest BCUT2D eigenvalue weighted by molar-refractivity contribution is 0.0939. The number of rotatable bonds is 6. The molecule has 2 aromatic carbocycles. The van der Waals surface area contributed by atoms with E-state index in [2.05, 4.69) is 14.8 Å². The van der Waals surface area contributed by atoms with Crippen LogP contribution in [-0.4, -0.2) is 48.4 Å². The fourth-order valence-corrected chi connectivity index (χ4v) is 5.80. The fraction of sp³-hybridized carbons (Fsp3) is 0.448. The largest absolute Gasteiger partial charge is 0.370 e. The first-order valence-electron chi connectivity index (χ1n) is 12.8. The molecule has 2 fully saturated rings. The molecule has 184 valence electrons. The Bertz CT molecular complexity index is 1210. The highest BCUT2D eigenvalue weighted by Crippen LogP contribution is 2.37. The van der Waals surface area contributed by atoms with Gasteiger partial charge in [0, 0.05) is 42.2 Å². The molecule has 0 bridgehead atoms. The molecular weight excluding hydrogens is 461 g/mol. The van der Waals surface area contributed by atoms with E-state index < -0.39 is 0 Å². The number of carbonyl (C=O) groups excluding carboxylic acids is 1. The van der Waals surface area contributed by atoms with Gasteiger partial charge in [0.25, 0.3) is 0 Å². The minimum absolute atomic E-state index is 0.104. The van der Waals surface area contributed by atoms with E-state index in [1.807, 2.05) is 32.0 Å².